The number of hydrogen-bond acceptors (Lipinski definition) is 5. The van der Waals surface area contributed by atoms with E-state index in [4.69, 9.17) is 10.8 Å². The molecule has 0 aliphatic carbocycles. The standard InChI is InChI=1S/C20H35N5.C8H8.C2H6/c1-7-16(2)23-14-22-15-25(24-17(3)20(4,5)6)19-10-8-9-18(13-19)11-12-21;1-2-8-6-4-3-5-7-8;1-2/h7-10,13,22-23H,11-12,14-15,21H2,1-6H3;2-7H,1H2;1-2H3/b16-7+,24-17+;;. The van der Waals surface area contributed by atoms with E-state index >= 15 is 0 Å². The Hall–Kier alpha value is -2.89. The Bertz CT molecular complexity index is 879. The van der Waals surface area contributed by atoms with Gasteiger partial charge >= 0.3 is 0 Å². The third-order valence-electron chi connectivity index (χ3n) is 5.22. The molecule has 0 heterocycles. The Kier molecular flexibility index (Phi) is 16.9. The third-order valence-corrected chi connectivity index (χ3v) is 5.22. The molecule has 2 aromatic carbocycles. The normalized spacial score (nSPS) is 11.5. The Morgan fingerprint density at radius 1 is 1.06 bits per heavy atom. The molecule has 0 bridgehead atoms. The zero-order valence-electron chi connectivity index (χ0n) is 23.4. The summed E-state index contributed by atoms with van der Waals surface area (Å²) in [6.45, 7) is 22.3. The molecule has 0 radical (unpaired) electrons. The minimum Gasteiger partial charge on any atom is -0.376 e. The monoisotopic (exact) mass is 479 g/mol. The smallest absolute Gasteiger partial charge is 0.0924 e. The second-order valence-electron chi connectivity index (χ2n) is 8.89. The lowest BCUT2D eigenvalue weighted by Crippen LogP contribution is -2.37. The van der Waals surface area contributed by atoms with Gasteiger partial charge in [-0.2, -0.15) is 5.10 Å². The van der Waals surface area contributed by atoms with E-state index in [9.17, 15) is 0 Å². The molecule has 0 fully saturated rings. The van der Waals surface area contributed by atoms with Crippen LogP contribution < -0.4 is 21.4 Å². The van der Waals surface area contributed by atoms with Gasteiger partial charge in [0.2, 0.25) is 0 Å². The van der Waals surface area contributed by atoms with E-state index in [-0.39, 0.29) is 5.41 Å². The van der Waals surface area contributed by atoms with Crippen molar-refractivity contribution in [2.24, 2.45) is 16.3 Å². The average Bonchev–Trinajstić information content (AvgIpc) is 2.87. The van der Waals surface area contributed by atoms with Gasteiger partial charge in [-0.05, 0) is 57.0 Å². The predicted molar refractivity (Wildman–Crippen MR) is 158 cm³/mol. The van der Waals surface area contributed by atoms with Crippen molar-refractivity contribution in [3.05, 3.63) is 84.1 Å². The Morgan fingerprint density at radius 2 is 1.71 bits per heavy atom. The van der Waals surface area contributed by atoms with Crippen molar-refractivity contribution in [2.75, 3.05) is 24.9 Å². The molecule has 194 valence electrons. The van der Waals surface area contributed by atoms with Gasteiger partial charge in [-0.15, -0.1) is 0 Å². The summed E-state index contributed by atoms with van der Waals surface area (Å²) in [6.07, 6.45) is 4.76. The van der Waals surface area contributed by atoms with Crippen molar-refractivity contribution in [1.29, 1.82) is 0 Å². The summed E-state index contributed by atoms with van der Waals surface area (Å²) >= 11 is 0. The number of hydrogen-bond donors (Lipinski definition) is 3. The first-order chi connectivity index (χ1) is 16.7. The van der Waals surface area contributed by atoms with Gasteiger partial charge in [-0.25, -0.2) is 0 Å². The van der Waals surface area contributed by atoms with Gasteiger partial charge in [0.1, 0.15) is 0 Å². The van der Waals surface area contributed by atoms with Crippen molar-refractivity contribution in [1.82, 2.24) is 10.6 Å². The topological polar surface area (TPSA) is 65.7 Å². The van der Waals surface area contributed by atoms with E-state index in [0.717, 1.165) is 23.5 Å². The number of benzene rings is 2. The molecule has 4 N–H and O–H groups in total. The summed E-state index contributed by atoms with van der Waals surface area (Å²) in [4.78, 5) is 0. The molecular formula is C30H49N5. The molecule has 5 heteroatoms. The number of nitrogens with zero attached hydrogens (tertiary/aromatic N) is 2. The Labute approximate surface area is 215 Å². The van der Waals surface area contributed by atoms with E-state index in [1.807, 2.05) is 62.2 Å². The summed E-state index contributed by atoms with van der Waals surface area (Å²) in [5.41, 5.74) is 11.5. The molecule has 35 heavy (non-hydrogen) atoms. The van der Waals surface area contributed by atoms with Crippen LogP contribution in [0.5, 0.6) is 0 Å². The highest BCUT2D eigenvalue weighted by atomic mass is 15.5. The molecule has 0 atom stereocenters. The molecule has 0 unspecified atom stereocenters. The van der Waals surface area contributed by atoms with Gasteiger partial charge in [0.05, 0.1) is 19.0 Å². The van der Waals surface area contributed by atoms with Crippen LogP contribution in [-0.4, -0.2) is 25.6 Å². The lowest BCUT2D eigenvalue weighted by atomic mass is 9.91. The number of hydrazone groups is 1. The first-order valence-electron chi connectivity index (χ1n) is 12.6. The minimum atomic E-state index is 0.0346. The number of nitrogens with one attached hydrogen (secondary N) is 2. The highest BCUT2D eigenvalue weighted by Gasteiger charge is 2.16. The first-order valence-corrected chi connectivity index (χ1v) is 12.6. The highest BCUT2D eigenvalue weighted by molar-refractivity contribution is 5.87. The second-order valence-corrected chi connectivity index (χ2v) is 8.89. The van der Waals surface area contributed by atoms with Gasteiger partial charge in [0.15, 0.2) is 0 Å². The number of nitrogens with two attached hydrogens (primary N) is 1. The Balaban J connectivity index is 0.000000961. The molecule has 0 saturated carbocycles. The van der Waals surface area contributed by atoms with Crippen molar-refractivity contribution < 1.29 is 0 Å². The summed E-state index contributed by atoms with van der Waals surface area (Å²) in [5, 5.41) is 13.6. The van der Waals surface area contributed by atoms with Crippen LogP contribution in [0, 0.1) is 5.41 Å². The molecule has 0 amide bonds. The van der Waals surface area contributed by atoms with Crippen LogP contribution in [0.25, 0.3) is 6.08 Å². The van der Waals surface area contributed by atoms with Crippen molar-refractivity contribution >= 4 is 17.5 Å². The predicted octanol–water partition coefficient (Wildman–Crippen LogP) is 6.79. The molecular weight excluding hydrogens is 430 g/mol. The van der Waals surface area contributed by atoms with E-state index < -0.39 is 0 Å². The van der Waals surface area contributed by atoms with Gasteiger partial charge < -0.3 is 11.1 Å². The van der Waals surface area contributed by atoms with Gasteiger partial charge in [-0.1, -0.05) is 95.8 Å². The van der Waals surface area contributed by atoms with E-state index in [1.54, 1.807) is 0 Å². The molecule has 0 aliphatic heterocycles. The summed E-state index contributed by atoms with van der Waals surface area (Å²) in [5.74, 6) is 0. The summed E-state index contributed by atoms with van der Waals surface area (Å²) < 4.78 is 0. The first kappa shape index (κ1) is 32.1. The van der Waals surface area contributed by atoms with Crippen molar-refractivity contribution in [2.45, 2.75) is 61.8 Å². The largest absolute Gasteiger partial charge is 0.376 e. The maximum absolute atomic E-state index is 5.70. The molecule has 0 spiro atoms. The lowest BCUT2D eigenvalue weighted by Gasteiger charge is -2.25. The fourth-order valence-corrected chi connectivity index (χ4v) is 2.61. The minimum absolute atomic E-state index is 0.0346. The van der Waals surface area contributed by atoms with Gasteiger partial charge in [-0.3, -0.25) is 10.3 Å². The van der Waals surface area contributed by atoms with Crippen LogP contribution in [0.2, 0.25) is 0 Å². The maximum atomic E-state index is 5.70. The maximum Gasteiger partial charge on any atom is 0.0924 e. The van der Waals surface area contributed by atoms with Crippen LogP contribution in [0.15, 0.2) is 78.1 Å². The van der Waals surface area contributed by atoms with Crippen LogP contribution in [0.4, 0.5) is 5.69 Å². The van der Waals surface area contributed by atoms with E-state index in [0.29, 0.717) is 19.9 Å². The lowest BCUT2D eigenvalue weighted by molar-refractivity contribution is 0.573. The second kappa shape index (κ2) is 18.4. The van der Waals surface area contributed by atoms with Crippen molar-refractivity contribution in [3.8, 4) is 0 Å². The number of anilines is 1. The highest BCUT2D eigenvalue weighted by Crippen LogP contribution is 2.20. The van der Waals surface area contributed by atoms with Gasteiger partial charge in [0.25, 0.3) is 0 Å². The van der Waals surface area contributed by atoms with Gasteiger partial charge in [0, 0.05) is 16.8 Å². The molecule has 0 aliphatic rings. The van der Waals surface area contributed by atoms with E-state index in [2.05, 4.69) is 82.2 Å². The fraction of sp³-hybridized carbons (Fsp3) is 0.433. The molecule has 2 rings (SSSR count). The molecule has 5 nitrogen and oxygen atoms in total. The van der Waals surface area contributed by atoms with E-state index in [1.165, 1.54) is 11.1 Å². The fourth-order valence-electron chi connectivity index (χ4n) is 2.61. The number of rotatable bonds is 10. The summed E-state index contributed by atoms with van der Waals surface area (Å²) in [6, 6.07) is 18.5. The molecule has 0 saturated heterocycles. The number of allylic oxidation sites excluding steroid dienone is 2. The third kappa shape index (κ3) is 14.2. The van der Waals surface area contributed by atoms with Crippen LogP contribution in [-0.2, 0) is 6.42 Å². The zero-order chi connectivity index (χ0) is 26.7. The van der Waals surface area contributed by atoms with Crippen LogP contribution >= 0.6 is 0 Å². The SMILES string of the molecule is C/C=C(\C)NCNCN(/N=C(\C)C(C)(C)C)c1cccc(CCN)c1.C=Cc1ccccc1.CC. The zero-order valence-corrected chi connectivity index (χ0v) is 23.4. The van der Waals surface area contributed by atoms with Crippen LogP contribution in [0.1, 0.15) is 66.5 Å². The average molecular weight is 480 g/mol. The quantitative estimate of drug-likeness (QED) is 0.152. The molecule has 0 aromatic heterocycles. The Morgan fingerprint density at radius 3 is 2.23 bits per heavy atom. The molecule has 2 aromatic rings. The summed E-state index contributed by atoms with van der Waals surface area (Å²) in [7, 11) is 0. The van der Waals surface area contributed by atoms with Crippen molar-refractivity contribution in [3.63, 3.8) is 0 Å². The van der Waals surface area contributed by atoms with Crippen LogP contribution in [0.3, 0.4) is 0 Å².